The number of aromatic nitrogens is 2. The summed E-state index contributed by atoms with van der Waals surface area (Å²) in [5.41, 5.74) is 0.929. The molecule has 1 aliphatic heterocycles. The normalized spacial score (nSPS) is 19.8. The molecular weight excluding hydrogens is 314 g/mol. The van der Waals surface area contributed by atoms with Gasteiger partial charge in [0.1, 0.15) is 11.9 Å². The van der Waals surface area contributed by atoms with Gasteiger partial charge in [-0.1, -0.05) is 32.1 Å². The minimum absolute atomic E-state index is 0.149. The molecule has 138 valence electrons. The van der Waals surface area contributed by atoms with Crippen LogP contribution in [0.1, 0.15) is 69.3 Å². The molecule has 0 atom stereocenters. The third-order valence-electron chi connectivity index (χ3n) is 5.52. The molecule has 1 amide bonds. The van der Waals surface area contributed by atoms with E-state index in [2.05, 4.69) is 9.97 Å². The first-order valence-corrected chi connectivity index (χ1v) is 9.87. The largest absolute Gasteiger partial charge is 0.474 e. The molecule has 0 bridgehead atoms. The Morgan fingerprint density at radius 3 is 2.52 bits per heavy atom. The van der Waals surface area contributed by atoms with Crippen molar-refractivity contribution < 1.29 is 9.53 Å². The molecule has 0 aromatic carbocycles. The maximum Gasteiger partial charge on any atom is 0.222 e. The average Bonchev–Trinajstić information content (AvgIpc) is 2.60. The predicted molar refractivity (Wildman–Crippen MR) is 97.5 cm³/mol. The summed E-state index contributed by atoms with van der Waals surface area (Å²) >= 11 is 0. The van der Waals surface area contributed by atoms with Crippen LogP contribution in [0, 0.1) is 19.8 Å². The zero-order valence-electron chi connectivity index (χ0n) is 15.7. The maximum atomic E-state index is 12.5. The van der Waals surface area contributed by atoms with Crippen LogP contribution in [0.15, 0.2) is 6.07 Å². The second kappa shape index (κ2) is 8.63. The number of carbonyl (C=O) groups is 1. The standard InChI is InChI=1S/C20H31N3O2/c1-15-14-19(22-16(2)21-15)25-18-10-12-23(13-11-18)20(24)9-8-17-6-4-3-5-7-17/h14,17-18H,3-13H2,1-2H3. The number of amides is 1. The lowest BCUT2D eigenvalue weighted by molar-refractivity contribution is -0.133. The van der Waals surface area contributed by atoms with Crippen molar-refractivity contribution in [2.75, 3.05) is 13.1 Å². The van der Waals surface area contributed by atoms with Crippen molar-refractivity contribution >= 4 is 5.91 Å². The zero-order chi connectivity index (χ0) is 17.6. The lowest BCUT2D eigenvalue weighted by Gasteiger charge is -2.32. The molecule has 1 aromatic heterocycles. The Hall–Kier alpha value is -1.65. The van der Waals surface area contributed by atoms with Gasteiger partial charge in [-0.25, -0.2) is 4.98 Å². The average molecular weight is 345 g/mol. The van der Waals surface area contributed by atoms with E-state index in [-0.39, 0.29) is 6.10 Å². The summed E-state index contributed by atoms with van der Waals surface area (Å²) < 4.78 is 6.01. The van der Waals surface area contributed by atoms with Crippen LogP contribution in [0.4, 0.5) is 0 Å². The fourth-order valence-electron chi connectivity index (χ4n) is 4.10. The van der Waals surface area contributed by atoms with Gasteiger partial charge in [-0.05, 0) is 26.2 Å². The minimum Gasteiger partial charge on any atom is -0.474 e. The van der Waals surface area contributed by atoms with Gasteiger partial charge in [0.2, 0.25) is 11.8 Å². The highest BCUT2D eigenvalue weighted by Gasteiger charge is 2.25. The Balaban J connectivity index is 1.41. The van der Waals surface area contributed by atoms with Crippen molar-refractivity contribution in [3.05, 3.63) is 17.6 Å². The van der Waals surface area contributed by atoms with Crippen molar-refractivity contribution in [1.29, 1.82) is 0 Å². The van der Waals surface area contributed by atoms with Gasteiger partial charge in [0, 0.05) is 44.1 Å². The highest BCUT2D eigenvalue weighted by Crippen LogP contribution is 2.28. The summed E-state index contributed by atoms with van der Waals surface area (Å²) in [6.45, 7) is 5.44. The monoisotopic (exact) mass is 345 g/mol. The van der Waals surface area contributed by atoms with Crippen LogP contribution in [-0.2, 0) is 4.79 Å². The number of aryl methyl sites for hydroxylation is 2. The van der Waals surface area contributed by atoms with Gasteiger partial charge >= 0.3 is 0 Å². The SMILES string of the molecule is Cc1cc(OC2CCN(C(=O)CCC3CCCCC3)CC2)nc(C)n1. The molecule has 1 aromatic rings. The number of likely N-dealkylation sites (tertiary alicyclic amines) is 1. The van der Waals surface area contributed by atoms with E-state index in [0.29, 0.717) is 11.8 Å². The fraction of sp³-hybridized carbons (Fsp3) is 0.750. The summed E-state index contributed by atoms with van der Waals surface area (Å²) in [5.74, 6) is 2.51. The lowest BCUT2D eigenvalue weighted by Crippen LogP contribution is -2.42. The summed E-state index contributed by atoms with van der Waals surface area (Å²) in [7, 11) is 0. The molecule has 3 rings (SSSR count). The van der Waals surface area contributed by atoms with Crippen molar-refractivity contribution in [2.24, 2.45) is 5.92 Å². The van der Waals surface area contributed by atoms with E-state index < -0.39 is 0 Å². The molecule has 1 saturated carbocycles. The first-order valence-electron chi connectivity index (χ1n) is 9.87. The summed E-state index contributed by atoms with van der Waals surface area (Å²) in [5, 5.41) is 0. The van der Waals surface area contributed by atoms with E-state index in [1.54, 1.807) is 0 Å². The number of hydrogen-bond acceptors (Lipinski definition) is 4. The number of piperidine rings is 1. The van der Waals surface area contributed by atoms with Crippen LogP contribution in [0.3, 0.4) is 0 Å². The Kier molecular flexibility index (Phi) is 6.27. The third kappa shape index (κ3) is 5.41. The van der Waals surface area contributed by atoms with Crippen molar-refractivity contribution in [3.8, 4) is 5.88 Å². The van der Waals surface area contributed by atoms with Gasteiger partial charge in [-0.2, -0.15) is 4.98 Å². The van der Waals surface area contributed by atoms with E-state index in [1.807, 2.05) is 24.8 Å². The molecule has 1 saturated heterocycles. The third-order valence-corrected chi connectivity index (χ3v) is 5.52. The molecule has 5 heteroatoms. The second-order valence-electron chi connectivity index (χ2n) is 7.64. The number of carbonyl (C=O) groups excluding carboxylic acids is 1. The smallest absolute Gasteiger partial charge is 0.222 e. The van der Waals surface area contributed by atoms with Crippen LogP contribution < -0.4 is 4.74 Å². The van der Waals surface area contributed by atoms with E-state index >= 15 is 0 Å². The molecule has 25 heavy (non-hydrogen) atoms. The van der Waals surface area contributed by atoms with Crippen LogP contribution in [0.5, 0.6) is 5.88 Å². The number of nitrogens with zero attached hydrogens (tertiary/aromatic N) is 3. The Bertz CT molecular complexity index is 556. The van der Waals surface area contributed by atoms with E-state index in [1.165, 1.54) is 32.1 Å². The number of ether oxygens (including phenoxy) is 1. The summed E-state index contributed by atoms with van der Waals surface area (Å²) in [6.07, 6.45) is 10.4. The van der Waals surface area contributed by atoms with Gasteiger partial charge < -0.3 is 9.64 Å². The number of rotatable bonds is 5. The quantitative estimate of drug-likeness (QED) is 0.814. The Morgan fingerprint density at radius 2 is 1.84 bits per heavy atom. The van der Waals surface area contributed by atoms with E-state index in [9.17, 15) is 4.79 Å². The molecular formula is C20H31N3O2. The first-order chi connectivity index (χ1) is 12.1. The van der Waals surface area contributed by atoms with Crippen LogP contribution in [-0.4, -0.2) is 40.0 Å². The molecule has 0 spiro atoms. The summed E-state index contributed by atoms with van der Waals surface area (Å²) in [4.78, 5) is 23.1. The lowest BCUT2D eigenvalue weighted by atomic mass is 9.86. The van der Waals surface area contributed by atoms with Crippen molar-refractivity contribution in [3.63, 3.8) is 0 Å². The molecule has 0 unspecified atom stereocenters. The number of hydrogen-bond donors (Lipinski definition) is 0. The summed E-state index contributed by atoms with van der Waals surface area (Å²) in [6, 6.07) is 1.88. The first kappa shape index (κ1) is 18.2. The molecule has 5 nitrogen and oxygen atoms in total. The minimum atomic E-state index is 0.149. The van der Waals surface area contributed by atoms with E-state index in [0.717, 1.165) is 56.2 Å². The molecule has 2 heterocycles. The Morgan fingerprint density at radius 1 is 1.12 bits per heavy atom. The van der Waals surface area contributed by atoms with Crippen LogP contribution in [0.2, 0.25) is 0 Å². The topological polar surface area (TPSA) is 55.3 Å². The van der Waals surface area contributed by atoms with Crippen molar-refractivity contribution in [2.45, 2.75) is 77.7 Å². The van der Waals surface area contributed by atoms with Gasteiger partial charge in [-0.3, -0.25) is 4.79 Å². The van der Waals surface area contributed by atoms with Gasteiger partial charge in [0.25, 0.3) is 0 Å². The highest BCUT2D eigenvalue weighted by atomic mass is 16.5. The molecule has 2 fully saturated rings. The molecule has 0 N–H and O–H groups in total. The molecule has 1 aliphatic carbocycles. The van der Waals surface area contributed by atoms with Crippen molar-refractivity contribution in [1.82, 2.24) is 14.9 Å². The van der Waals surface area contributed by atoms with Crippen LogP contribution >= 0.6 is 0 Å². The van der Waals surface area contributed by atoms with Crippen LogP contribution in [0.25, 0.3) is 0 Å². The van der Waals surface area contributed by atoms with Gasteiger partial charge in [-0.15, -0.1) is 0 Å². The van der Waals surface area contributed by atoms with Gasteiger partial charge in [0.15, 0.2) is 0 Å². The Labute approximate surface area is 151 Å². The highest BCUT2D eigenvalue weighted by molar-refractivity contribution is 5.76. The maximum absolute atomic E-state index is 12.5. The van der Waals surface area contributed by atoms with Gasteiger partial charge in [0.05, 0.1) is 0 Å². The molecule has 0 radical (unpaired) electrons. The predicted octanol–water partition coefficient (Wildman–Crippen LogP) is 3.82. The second-order valence-corrected chi connectivity index (χ2v) is 7.64. The molecule has 2 aliphatic rings. The zero-order valence-corrected chi connectivity index (χ0v) is 15.7. The van der Waals surface area contributed by atoms with E-state index in [4.69, 9.17) is 4.74 Å². The fourth-order valence-corrected chi connectivity index (χ4v) is 4.10.